The molecule has 0 aliphatic heterocycles. The third-order valence-electron chi connectivity index (χ3n) is 2.28. The molecule has 3 heteroatoms. The smallest absolute Gasteiger partial charge is 0.133 e. The second-order valence-electron chi connectivity index (χ2n) is 3.25. The van der Waals surface area contributed by atoms with E-state index in [1.54, 1.807) is 6.20 Å². The standard InChI is InChI=1S/C9H11ClN2/c10-9-7(2-1-5-12-9)8(11)6-3-4-6/h1-2,5-6,8H,3-4,11H2/t8-/m1/s1. The summed E-state index contributed by atoms with van der Waals surface area (Å²) in [6.07, 6.45) is 4.14. The molecule has 1 atom stereocenters. The molecule has 0 spiro atoms. The number of aromatic nitrogens is 1. The van der Waals surface area contributed by atoms with Gasteiger partial charge in [0.15, 0.2) is 0 Å². The third-order valence-corrected chi connectivity index (χ3v) is 2.59. The van der Waals surface area contributed by atoms with Gasteiger partial charge in [0.05, 0.1) is 0 Å². The van der Waals surface area contributed by atoms with Gasteiger partial charge < -0.3 is 5.73 Å². The first kappa shape index (κ1) is 8.02. The Hall–Kier alpha value is -0.600. The van der Waals surface area contributed by atoms with Gasteiger partial charge in [0.25, 0.3) is 0 Å². The Balaban J connectivity index is 2.25. The molecule has 0 bridgehead atoms. The van der Waals surface area contributed by atoms with Crippen LogP contribution in [0.2, 0.25) is 5.15 Å². The van der Waals surface area contributed by atoms with Crippen molar-refractivity contribution in [1.29, 1.82) is 0 Å². The summed E-state index contributed by atoms with van der Waals surface area (Å²) in [5, 5.41) is 0.553. The minimum atomic E-state index is 0.0891. The fourth-order valence-electron chi connectivity index (χ4n) is 1.36. The zero-order valence-corrected chi connectivity index (χ0v) is 7.46. The maximum absolute atomic E-state index is 5.98. The van der Waals surface area contributed by atoms with E-state index in [0.29, 0.717) is 11.1 Å². The molecule has 1 saturated carbocycles. The van der Waals surface area contributed by atoms with E-state index in [1.165, 1.54) is 12.8 Å². The van der Waals surface area contributed by atoms with Crippen LogP contribution in [0.15, 0.2) is 18.3 Å². The van der Waals surface area contributed by atoms with Gasteiger partial charge in [-0.1, -0.05) is 17.7 Å². The van der Waals surface area contributed by atoms with E-state index < -0.39 is 0 Å². The fraction of sp³-hybridized carbons (Fsp3) is 0.444. The molecule has 1 fully saturated rings. The van der Waals surface area contributed by atoms with Crippen LogP contribution in [0, 0.1) is 5.92 Å². The Bertz CT molecular complexity index is 284. The van der Waals surface area contributed by atoms with Gasteiger partial charge in [-0.25, -0.2) is 4.98 Å². The number of halogens is 1. The van der Waals surface area contributed by atoms with Crippen molar-refractivity contribution >= 4 is 11.6 Å². The molecule has 1 heterocycles. The van der Waals surface area contributed by atoms with Crippen molar-refractivity contribution in [3.63, 3.8) is 0 Å². The maximum atomic E-state index is 5.98. The molecule has 0 unspecified atom stereocenters. The van der Waals surface area contributed by atoms with Crippen molar-refractivity contribution < 1.29 is 0 Å². The molecule has 0 aromatic carbocycles. The number of hydrogen-bond donors (Lipinski definition) is 1. The van der Waals surface area contributed by atoms with E-state index in [0.717, 1.165) is 5.56 Å². The molecule has 0 radical (unpaired) electrons. The highest BCUT2D eigenvalue weighted by molar-refractivity contribution is 6.30. The number of rotatable bonds is 2. The molecule has 2 nitrogen and oxygen atoms in total. The highest BCUT2D eigenvalue weighted by Crippen LogP contribution is 2.40. The van der Waals surface area contributed by atoms with Gasteiger partial charge in [-0.05, 0) is 24.8 Å². The number of nitrogens with zero attached hydrogens (tertiary/aromatic N) is 1. The number of hydrogen-bond acceptors (Lipinski definition) is 2. The second kappa shape index (κ2) is 3.04. The molecular formula is C9H11ClN2. The molecule has 2 N–H and O–H groups in total. The molecule has 1 aliphatic carbocycles. The zero-order chi connectivity index (χ0) is 8.55. The second-order valence-corrected chi connectivity index (χ2v) is 3.60. The lowest BCUT2D eigenvalue weighted by Gasteiger charge is -2.10. The predicted octanol–water partition coefficient (Wildman–Crippen LogP) is 2.14. The molecule has 1 aromatic rings. The largest absolute Gasteiger partial charge is 0.324 e. The lowest BCUT2D eigenvalue weighted by Crippen LogP contribution is -2.13. The SMILES string of the molecule is N[C@@H](c1cccnc1Cl)C1CC1. The molecule has 1 aromatic heterocycles. The lowest BCUT2D eigenvalue weighted by atomic mass is 10.1. The van der Waals surface area contributed by atoms with Crippen LogP contribution < -0.4 is 5.73 Å². The first-order chi connectivity index (χ1) is 5.79. The van der Waals surface area contributed by atoms with Crippen LogP contribution in [0.25, 0.3) is 0 Å². The average molecular weight is 183 g/mol. The van der Waals surface area contributed by atoms with Crippen LogP contribution in [0.3, 0.4) is 0 Å². The molecule has 1 aliphatic rings. The summed E-state index contributed by atoms with van der Waals surface area (Å²) in [6.45, 7) is 0. The van der Waals surface area contributed by atoms with E-state index in [2.05, 4.69) is 4.98 Å². The first-order valence-electron chi connectivity index (χ1n) is 4.15. The van der Waals surface area contributed by atoms with Gasteiger partial charge in [-0.2, -0.15) is 0 Å². The summed E-state index contributed by atoms with van der Waals surface area (Å²) in [6, 6.07) is 3.92. The first-order valence-corrected chi connectivity index (χ1v) is 4.53. The van der Waals surface area contributed by atoms with Gasteiger partial charge in [-0.15, -0.1) is 0 Å². The molecular weight excluding hydrogens is 172 g/mol. The average Bonchev–Trinajstić information content (AvgIpc) is 2.86. The predicted molar refractivity (Wildman–Crippen MR) is 48.9 cm³/mol. The fourth-order valence-corrected chi connectivity index (χ4v) is 1.60. The summed E-state index contributed by atoms with van der Waals surface area (Å²) < 4.78 is 0. The van der Waals surface area contributed by atoms with Crippen molar-refractivity contribution in [2.24, 2.45) is 11.7 Å². The van der Waals surface area contributed by atoms with Crippen LogP contribution in [0.1, 0.15) is 24.4 Å². The topological polar surface area (TPSA) is 38.9 Å². The summed E-state index contributed by atoms with van der Waals surface area (Å²) in [4.78, 5) is 4.00. The molecule has 2 rings (SSSR count). The molecule has 12 heavy (non-hydrogen) atoms. The Labute approximate surface area is 76.7 Å². The molecule has 64 valence electrons. The van der Waals surface area contributed by atoms with Crippen LogP contribution in [-0.4, -0.2) is 4.98 Å². The highest BCUT2D eigenvalue weighted by atomic mass is 35.5. The third kappa shape index (κ3) is 1.45. The van der Waals surface area contributed by atoms with Crippen molar-refractivity contribution in [2.75, 3.05) is 0 Å². The van der Waals surface area contributed by atoms with E-state index in [9.17, 15) is 0 Å². The van der Waals surface area contributed by atoms with Crippen molar-refractivity contribution in [2.45, 2.75) is 18.9 Å². The molecule has 0 saturated heterocycles. The van der Waals surface area contributed by atoms with E-state index >= 15 is 0 Å². The quantitative estimate of drug-likeness (QED) is 0.712. The van der Waals surface area contributed by atoms with Crippen LogP contribution in [-0.2, 0) is 0 Å². The summed E-state index contributed by atoms with van der Waals surface area (Å²) in [7, 11) is 0. The van der Waals surface area contributed by atoms with Crippen LogP contribution >= 0.6 is 11.6 Å². The number of nitrogens with two attached hydrogens (primary N) is 1. The Kier molecular flexibility index (Phi) is 2.03. The summed E-state index contributed by atoms with van der Waals surface area (Å²) in [5.74, 6) is 0.631. The lowest BCUT2D eigenvalue weighted by molar-refractivity contribution is 0.631. The van der Waals surface area contributed by atoms with Gasteiger partial charge in [0, 0.05) is 17.8 Å². The van der Waals surface area contributed by atoms with E-state index in [4.69, 9.17) is 17.3 Å². The van der Waals surface area contributed by atoms with Gasteiger partial charge in [-0.3, -0.25) is 0 Å². The zero-order valence-electron chi connectivity index (χ0n) is 6.70. The number of pyridine rings is 1. The van der Waals surface area contributed by atoms with Crippen molar-refractivity contribution in [1.82, 2.24) is 4.98 Å². The van der Waals surface area contributed by atoms with Gasteiger partial charge in [0.2, 0.25) is 0 Å². The summed E-state index contributed by atoms with van der Waals surface area (Å²) >= 11 is 5.90. The maximum Gasteiger partial charge on any atom is 0.133 e. The van der Waals surface area contributed by atoms with E-state index in [1.807, 2.05) is 12.1 Å². The van der Waals surface area contributed by atoms with Crippen molar-refractivity contribution in [3.8, 4) is 0 Å². The van der Waals surface area contributed by atoms with Gasteiger partial charge in [0.1, 0.15) is 5.15 Å². The van der Waals surface area contributed by atoms with Gasteiger partial charge >= 0.3 is 0 Å². The van der Waals surface area contributed by atoms with E-state index in [-0.39, 0.29) is 6.04 Å². The minimum absolute atomic E-state index is 0.0891. The van der Waals surface area contributed by atoms with Crippen LogP contribution in [0.4, 0.5) is 0 Å². The van der Waals surface area contributed by atoms with Crippen molar-refractivity contribution in [3.05, 3.63) is 29.0 Å². The normalized spacial score (nSPS) is 19.2. The Morgan fingerprint density at radius 2 is 2.33 bits per heavy atom. The molecule has 0 amide bonds. The Morgan fingerprint density at radius 1 is 1.58 bits per heavy atom. The highest BCUT2D eigenvalue weighted by Gasteiger charge is 2.30. The monoisotopic (exact) mass is 182 g/mol. The van der Waals surface area contributed by atoms with Crippen LogP contribution in [0.5, 0.6) is 0 Å². The minimum Gasteiger partial charge on any atom is -0.324 e. The summed E-state index contributed by atoms with van der Waals surface area (Å²) in [5.41, 5.74) is 6.96. The Morgan fingerprint density at radius 3 is 2.92 bits per heavy atom.